The Balaban J connectivity index is 2.42. The first-order chi connectivity index (χ1) is 45.2. The van der Waals surface area contributed by atoms with Gasteiger partial charge in [-0.15, -0.1) is 0 Å². The number of aliphatic imine (C=N–C) groups is 1. The number of phenolic OH excluding ortho intramolecular Hbond substituents is 1. The number of hydrogen-bond donors (Lipinski definition) is 19. The van der Waals surface area contributed by atoms with Crippen molar-refractivity contribution in [1.29, 1.82) is 5.41 Å². The lowest BCUT2D eigenvalue weighted by molar-refractivity contribution is -0.143. The number of phenols is 1. The van der Waals surface area contributed by atoms with Crippen molar-refractivity contribution in [2.24, 2.45) is 57.1 Å². The van der Waals surface area contributed by atoms with E-state index in [1.807, 2.05) is 13.8 Å². The fourth-order valence-electron chi connectivity index (χ4n) is 10.6. The molecule has 0 aliphatic carbocycles. The smallest absolute Gasteiger partial charge is 0.305 e. The Morgan fingerprint density at radius 3 is 1.58 bits per heavy atom. The maximum absolute atomic E-state index is 14.5. The van der Waals surface area contributed by atoms with Crippen molar-refractivity contribution >= 4 is 82.7 Å². The minimum atomic E-state index is -1.99. The molecule has 0 unspecified atom stereocenters. The monoisotopic (exact) mass is 1360 g/mol. The van der Waals surface area contributed by atoms with E-state index >= 15 is 0 Å². The molecular weight excluding hydrogens is 1250 g/mol. The molecule has 1 fully saturated rings. The predicted octanol–water partition coefficient (Wildman–Crippen LogP) is -2.81. The van der Waals surface area contributed by atoms with Gasteiger partial charge in [0.2, 0.25) is 65.0 Å². The number of benzene rings is 1. The number of aromatic hydroxyl groups is 1. The maximum Gasteiger partial charge on any atom is 0.305 e. The molecule has 33 nitrogen and oxygen atoms in total. The molecule has 0 aromatic heterocycles. The number of aliphatic hydroxyl groups excluding tert-OH is 1. The van der Waals surface area contributed by atoms with Crippen LogP contribution in [0.2, 0.25) is 0 Å². The summed E-state index contributed by atoms with van der Waals surface area (Å²) in [5.74, 6) is -12.0. The van der Waals surface area contributed by atoms with E-state index in [-0.39, 0.29) is 119 Å². The number of likely N-dealkylation sites (tertiary alicyclic amines) is 1. The van der Waals surface area contributed by atoms with Crippen molar-refractivity contribution in [3.05, 3.63) is 29.8 Å². The zero-order chi connectivity index (χ0) is 72.4. The molecule has 0 bridgehead atoms. The highest BCUT2D eigenvalue weighted by Crippen LogP contribution is 2.22. The third kappa shape index (κ3) is 31.2. The molecule has 1 heterocycles. The largest absolute Gasteiger partial charge is 0.508 e. The Morgan fingerprint density at radius 1 is 0.562 bits per heavy atom. The van der Waals surface area contributed by atoms with Crippen LogP contribution in [0.15, 0.2) is 29.3 Å². The highest BCUT2D eigenvalue weighted by Gasteiger charge is 2.41. The van der Waals surface area contributed by atoms with E-state index in [2.05, 4.69) is 52.8 Å². The summed E-state index contributed by atoms with van der Waals surface area (Å²) in [6.45, 7) is 12.2. The summed E-state index contributed by atoms with van der Waals surface area (Å²) in [6.07, 6.45) is 1.28. The predicted molar refractivity (Wildman–Crippen MR) is 357 cm³/mol. The molecule has 1 aliphatic rings. The van der Waals surface area contributed by atoms with E-state index in [4.69, 9.17) is 39.8 Å². The number of carbonyl (C=O) groups excluding carboxylic acids is 11. The van der Waals surface area contributed by atoms with Crippen LogP contribution in [0.4, 0.5) is 0 Å². The summed E-state index contributed by atoms with van der Waals surface area (Å²) in [6, 6.07) is -8.68. The lowest BCUT2D eigenvalue weighted by Gasteiger charge is -2.31. The van der Waals surface area contributed by atoms with E-state index in [1.54, 1.807) is 20.8 Å². The lowest BCUT2D eigenvalue weighted by Crippen LogP contribution is -2.62. The number of carbonyl (C=O) groups is 12. The number of amidine groups is 1. The molecule has 1 saturated heterocycles. The van der Waals surface area contributed by atoms with Crippen molar-refractivity contribution in [2.45, 2.75) is 231 Å². The first-order valence-electron chi connectivity index (χ1n) is 33.0. The van der Waals surface area contributed by atoms with Crippen molar-refractivity contribution in [1.82, 2.24) is 52.8 Å². The van der Waals surface area contributed by atoms with Crippen molar-refractivity contribution in [3.63, 3.8) is 0 Å². The number of primary amides is 1. The van der Waals surface area contributed by atoms with Crippen LogP contribution in [0.1, 0.15) is 163 Å². The van der Waals surface area contributed by atoms with Crippen LogP contribution >= 0.6 is 0 Å². The van der Waals surface area contributed by atoms with Crippen molar-refractivity contribution in [2.75, 3.05) is 26.2 Å². The quantitative estimate of drug-likeness (QED) is 0.0178. The second kappa shape index (κ2) is 43.4. The number of guanidine groups is 1. The third-order valence-electron chi connectivity index (χ3n) is 15.9. The fourth-order valence-corrected chi connectivity index (χ4v) is 10.6. The Hall–Kier alpha value is -8.72. The fraction of sp³-hybridized carbons (Fsp3) is 0.683. The van der Waals surface area contributed by atoms with Gasteiger partial charge in [0.05, 0.1) is 18.4 Å². The summed E-state index contributed by atoms with van der Waals surface area (Å²) in [7, 11) is 0. The average Bonchev–Trinajstić information content (AvgIpc) is 1.60. The standard InChI is InChI=1S/C63H108N18O15/c1-34(2)30-44(52(68)86)76-55(89)42(19-14-28-71-63(69)70)74-58(92)46(32-39-22-24-40(83)25-23-39)78-56(90)41(17-11-13-27-65)73-59(93)47(33-50(84)85)79-61(95)51(38(7)82)80-54(88)37(6)72-60(94)48-20-15-29-81(48)62(96)43(18-8-9-21-49(66)67)75-57(91)45(31-35(3)4)77-53(87)36(5)16-10-12-26-64/h22-25,34-38,41-48,51,82-83H,8-21,26-33,64-65H2,1-7H3,(H3,66,67)(H2,68,86)(H,72,94)(H,73,93)(H,74,92)(H,75,91)(H,76,89)(H,77,87)(H,78,90)(H,79,95)(H,80,88)(H,84,85)(H4,69,70,71)/t36-,37-,38+,41-,42-,43-,44-,45-,46-,47-,48-,51-/m0/s1. The Labute approximate surface area is 561 Å². The molecule has 11 amide bonds. The number of carboxylic acid groups (broad SMARTS) is 1. The molecule has 25 N–H and O–H groups in total. The van der Waals surface area contributed by atoms with Gasteiger partial charge in [0, 0.05) is 31.8 Å². The zero-order valence-electron chi connectivity index (χ0n) is 56.5. The number of aliphatic carboxylic acids is 1. The van der Waals surface area contributed by atoms with E-state index < -0.39 is 144 Å². The molecule has 1 aromatic carbocycles. The van der Waals surface area contributed by atoms with Crippen LogP contribution in [0, 0.1) is 23.2 Å². The molecule has 0 saturated carbocycles. The number of aliphatic hydroxyl groups is 1. The Morgan fingerprint density at radius 2 is 1.04 bits per heavy atom. The van der Waals surface area contributed by atoms with Gasteiger partial charge in [-0.1, -0.05) is 59.6 Å². The number of nitrogens with two attached hydrogens (primary N) is 6. The van der Waals surface area contributed by atoms with Gasteiger partial charge in [0.1, 0.15) is 66.2 Å². The number of unbranched alkanes of at least 4 members (excludes halogenated alkanes) is 3. The summed E-state index contributed by atoms with van der Waals surface area (Å²) >= 11 is 0. The van der Waals surface area contributed by atoms with E-state index in [9.17, 15) is 72.9 Å². The molecular formula is C63H108N18O15. The summed E-state index contributed by atoms with van der Waals surface area (Å²) in [4.78, 5) is 171. The minimum absolute atomic E-state index is 0.0364. The van der Waals surface area contributed by atoms with Gasteiger partial charge >= 0.3 is 5.97 Å². The molecule has 1 aliphatic heterocycles. The first-order valence-corrected chi connectivity index (χ1v) is 33.0. The highest BCUT2D eigenvalue weighted by molar-refractivity contribution is 6.00. The molecule has 12 atom stereocenters. The van der Waals surface area contributed by atoms with Crippen LogP contribution in [0.25, 0.3) is 0 Å². The minimum Gasteiger partial charge on any atom is -0.508 e. The summed E-state index contributed by atoms with van der Waals surface area (Å²) < 4.78 is 0. The number of amides is 11. The Bertz CT molecular complexity index is 2780. The van der Waals surface area contributed by atoms with Crippen LogP contribution in [0.3, 0.4) is 0 Å². The van der Waals surface area contributed by atoms with Gasteiger partial charge in [0.15, 0.2) is 5.96 Å². The van der Waals surface area contributed by atoms with E-state index in [1.165, 1.54) is 36.1 Å². The molecule has 0 spiro atoms. The second-order valence-electron chi connectivity index (χ2n) is 25.4. The van der Waals surface area contributed by atoms with Gasteiger partial charge in [-0.3, -0.25) is 67.9 Å². The van der Waals surface area contributed by atoms with Gasteiger partial charge in [-0.05, 0) is 140 Å². The van der Waals surface area contributed by atoms with Crippen LogP contribution in [-0.2, 0) is 64.0 Å². The molecule has 0 radical (unpaired) electrons. The van der Waals surface area contributed by atoms with Crippen molar-refractivity contribution in [3.8, 4) is 5.75 Å². The summed E-state index contributed by atoms with van der Waals surface area (Å²) in [5, 5.41) is 61.5. The van der Waals surface area contributed by atoms with Gasteiger partial charge in [-0.2, -0.15) is 0 Å². The summed E-state index contributed by atoms with van der Waals surface area (Å²) in [5.41, 5.74) is 34.0. The number of rotatable bonds is 46. The number of nitrogens with one attached hydrogen (secondary N) is 10. The molecule has 96 heavy (non-hydrogen) atoms. The van der Waals surface area contributed by atoms with Crippen LogP contribution < -0.4 is 82.3 Å². The van der Waals surface area contributed by atoms with Gasteiger partial charge in [0.25, 0.3) is 0 Å². The molecule has 1 aromatic rings. The number of hydrogen-bond acceptors (Lipinski definition) is 18. The first kappa shape index (κ1) is 83.4. The zero-order valence-corrected chi connectivity index (χ0v) is 56.5. The number of nitrogens with zero attached hydrogens (tertiary/aromatic N) is 2. The van der Waals surface area contributed by atoms with Gasteiger partial charge in [-0.25, -0.2) is 0 Å². The van der Waals surface area contributed by atoms with E-state index in [0.29, 0.717) is 50.6 Å². The Kier molecular flexibility index (Phi) is 37.7. The van der Waals surface area contributed by atoms with Gasteiger partial charge < -0.3 is 102 Å². The van der Waals surface area contributed by atoms with Crippen LogP contribution in [-0.4, -0.2) is 196 Å². The highest BCUT2D eigenvalue weighted by atomic mass is 16.4. The number of carboxylic acids is 1. The molecule has 33 heteroatoms. The lowest BCUT2D eigenvalue weighted by atomic mass is 9.99. The maximum atomic E-state index is 14.5. The van der Waals surface area contributed by atoms with Crippen LogP contribution in [0.5, 0.6) is 5.75 Å². The normalized spacial score (nSPS) is 16.2. The average molecular weight is 1360 g/mol. The second-order valence-corrected chi connectivity index (χ2v) is 25.4. The SMILES string of the molecule is CC(C)C[C@H](NC(=O)[C@H](CCCN=C(N)N)NC(=O)[C@H](Cc1ccc(O)cc1)NC(=O)[C@H](CCCCN)NC(=O)[C@H](CC(=O)O)NC(=O)[C@@H](NC(=O)[C@H](C)NC(=O)[C@@H]1CCCN1C(=O)[C@H](CCCCC(=N)N)NC(=O)[C@H](CC(C)C)NC(=O)[C@@H](C)CCCCN)[C@@H](C)O)C(N)=O. The third-order valence-corrected chi connectivity index (χ3v) is 15.9. The molecule has 540 valence electrons. The van der Waals surface area contributed by atoms with E-state index in [0.717, 1.165) is 13.3 Å². The topological polar surface area (TPSA) is 569 Å². The van der Waals surface area contributed by atoms with Crippen molar-refractivity contribution < 1.29 is 72.9 Å². The molecule has 2 rings (SSSR count).